The van der Waals surface area contributed by atoms with Crippen molar-refractivity contribution in [2.75, 3.05) is 47.1 Å². The summed E-state index contributed by atoms with van der Waals surface area (Å²) in [5, 5.41) is 13.4. The lowest BCUT2D eigenvalue weighted by atomic mass is 9.77. The Labute approximate surface area is 190 Å². The van der Waals surface area contributed by atoms with Crippen molar-refractivity contribution in [1.82, 2.24) is 15.0 Å². The molecule has 0 unspecified atom stereocenters. The highest BCUT2D eigenvalue weighted by molar-refractivity contribution is 7.85. The molecule has 6 rings (SSSR count). The molecule has 8 nitrogen and oxygen atoms in total. The van der Waals surface area contributed by atoms with Gasteiger partial charge in [0.2, 0.25) is 5.95 Å². The summed E-state index contributed by atoms with van der Waals surface area (Å²) in [7, 11) is -1.08. The molecule has 0 bridgehead atoms. The Morgan fingerprint density at radius 2 is 1.84 bits per heavy atom. The minimum atomic E-state index is -1.08. The molecule has 1 atom stereocenters. The van der Waals surface area contributed by atoms with Crippen molar-refractivity contribution in [2.45, 2.75) is 61.9 Å². The average molecular weight is 455 g/mol. The molecule has 2 N–H and O–H groups in total. The first kappa shape index (κ1) is 20.4. The Morgan fingerprint density at radius 3 is 2.59 bits per heavy atom. The molecule has 0 spiro atoms. The van der Waals surface area contributed by atoms with Gasteiger partial charge in [0.25, 0.3) is 0 Å². The summed E-state index contributed by atoms with van der Waals surface area (Å²) < 4.78 is 12.7. The lowest BCUT2D eigenvalue weighted by molar-refractivity contribution is 0.143. The second-order valence-corrected chi connectivity index (χ2v) is 11.0. The Balaban J connectivity index is 1.29. The highest BCUT2D eigenvalue weighted by Crippen LogP contribution is 2.38. The zero-order valence-electron chi connectivity index (χ0n) is 18.3. The van der Waals surface area contributed by atoms with Gasteiger partial charge in [-0.2, -0.15) is 4.98 Å². The van der Waals surface area contributed by atoms with Crippen LogP contribution in [0.15, 0.2) is 17.0 Å². The number of rotatable bonds is 5. The standard InChI is InChI=1S/C23H30N6O2S/c30-15-23(8-3-9-23)27-21-20-18(7-13-32(20)31)25-22(26-21)29-12-6-17-16(14-29)4-5-19(24-17)28-10-1-2-11-28/h4-5,30H,1-3,6-15H2,(H,25,26,27)/t32-/m0/s1. The molecule has 4 aliphatic rings. The number of nitrogens with one attached hydrogen (secondary N) is 1. The third kappa shape index (κ3) is 3.46. The van der Waals surface area contributed by atoms with E-state index in [4.69, 9.17) is 15.0 Å². The first-order chi connectivity index (χ1) is 15.6. The molecule has 3 aliphatic heterocycles. The van der Waals surface area contributed by atoms with E-state index in [2.05, 4.69) is 27.2 Å². The first-order valence-corrected chi connectivity index (χ1v) is 13.1. The topological polar surface area (TPSA) is 94.5 Å². The summed E-state index contributed by atoms with van der Waals surface area (Å²) in [6, 6.07) is 4.35. The van der Waals surface area contributed by atoms with Gasteiger partial charge in [-0.05, 0) is 43.7 Å². The molecular weight excluding hydrogens is 424 g/mol. The molecule has 1 aliphatic carbocycles. The molecule has 0 radical (unpaired) electrons. The third-order valence-corrected chi connectivity index (χ3v) is 8.88. The zero-order chi connectivity index (χ0) is 21.7. The fourth-order valence-corrected chi connectivity index (χ4v) is 6.59. The Morgan fingerprint density at radius 1 is 1.00 bits per heavy atom. The van der Waals surface area contributed by atoms with Crippen LogP contribution in [-0.4, -0.2) is 61.8 Å². The van der Waals surface area contributed by atoms with Crippen LogP contribution in [0.5, 0.6) is 0 Å². The number of pyridine rings is 1. The van der Waals surface area contributed by atoms with Gasteiger partial charge in [0, 0.05) is 50.5 Å². The van der Waals surface area contributed by atoms with Crippen LogP contribution in [-0.2, 0) is 30.2 Å². The van der Waals surface area contributed by atoms with Crippen LogP contribution < -0.4 is 15.1 Å². The van der Waals surface area contributed by atoms with Gasteiger partial charge in [-0.1, -0.05) is 6.07 Å². The summed E-state index contributed by atoms with van der Waals surface area (Å²) in [4.78, 5) is 20.0. The van der Waals surface area contributed by atoms with Gasteiger partial charge in [0.1, 0.15) is 16.5 Å². The maximum Gasteiger partial charge on any atom is 0.227 e. The second kappa shape index (κ2) is 7.95. The van der Waals surface area contributed by atoms with Crippen molar-refractivity contribution in [3.8, 4) is 0 Å². The van der Waals surface area contributed by atoms with E-state index in [9.17, 15) is 9.32 Å². The van der Waals surface area contributed by atoms with E-state index in [1.807, 2.05) is 0 Å². The minimum absolute atomic E-state index is 0.0653. The number of aliphatic hydroxyl groups excluding tert-OH is 1. The van der Waals surface area contributed by atoms with Gasteiger partial charge in [-0.15, -0.1) is 0 Å². The molecule has 1 saturated heterocycles. The maximum atomic E-state index is 12.7. The summed E-state index contributed by atoms with van der Waals surface area (Å²) in [5.41, 5.74) is 2.96. The predicted octanol–water partition coefficient (Wildman–Crippen LogP) is 2.03. The zero-order valence-corrected chi connectivity index (χ0v) is 19.2. The van der Waals surface area contributed by atoms with Crippen LogP contribution in [0.25, 0.3) is 0 Å². The van der Waals surface area contributed by atoms with Crippen LogP contribution in [0, 0.1) is 0 Å². The molecule has 170 valence electrons. The largest absolute Gasteiger partial charge is 0.394 e. The lowest BCUT2D eigenvalue weighted by Crippen LogP contribution is -2.48. The van der Waals surface area contributed by atoms with Crippen LogP contribution in [0.4, 0.5) is 17.6 Å². The van der Waals surface area contributed by atoms with E-state index in [-0.39, 0.29) is 12.1 Å². The van der Waals surface area contributed by atoms with Crippen molar-refractivity contribution in [1.29, 1.82) is 0 Å². The Hall–Kier alpha value is -2.26. The van der Waals surface area contributed by atoms with Crippen LogP contribution in [0.3, 0.4) is 0 Å². The molecule has 2 aromatic heterocycles. The molecule has 9 heteroatoms. The highest BCUT2D eigenvalue weighted by Gasteiger charge is 2.39. The molecule has 2 fully saturated rings. The fourth-order valence-electron chi connectivity index (χ4n) is 5.29. The minimum Gasteiger partial charge on any atom is -0.394 e. The number of hydrogen-bond acceptors (Lipinski definition) is 8. The number of aliphatic hydroxyl groups is 1. The van der Waals surface area contributed by atoms with Crippen LogP contribution >= 0.6 is 0 Å². The molecule has 32 heavy (non-hydrogen) atoms. The normalized spacial score (nSPS) is 23.6. The van der Waals surface area contributed by atoms with Gasteiger partial charge in [-0.25, -0.2) is 9.97 Å². The van der Waals surface area contributed by atoms with Crippen molar-refractivity contribution in [3.05, 3.63) is 29.1 Å². The van der Waals surface area contributed by atoms with E-state index in [1.54, 1.807) is 0 Å². The molecule has 2 aromatic rings. The number of aryl methyl sites for hydroxylation is 1. The molecular formula is C23H30N6O2S. The van der Waals surface area contributed by atoms with E-state index >= 15 is 0 Å². The third-order valence-electron chi connectivity index (χ3n) is 7.42. The van der Waals surface area contributed by atoms with Gasteiger partial charge in [0.15, 0.2) is 0 Å². The van der Waals surface area contributed by atoms with Gasteiger partial charge >= 0.3 is 0 Å². The summed E-state index contributed by atoms with van der Waals surface area (Å²) in [6.07, 6.45) is 6.99. The lowest BCUT2D eigenvalue weighted by Gasteiger charge is -2.41. The van der Waals surface area contributed by atoms with Crippen molar-refractivity contribution in [3.63, 3.8) is 0 Å². The molecule has 0 amide bonds. The number of nitrogens with zero attached hydrogens (tertiary/aromatic N) is 5. The van der Waals surface area contributed by atoms with E-state index in [1.165, 1.54) is 24.1 Å². The number of aromatic nitrogens is 3. The predicted molar refractivity (Wildman–Crippen MR) is 125 cm³/mol. The number of fused-ring (bicyclic) bond motifs is 2. The Bertz CT molecular complexity index is 1060. The average Bonchev–Trinajstić information content (AvgIpc) is 3.46. The highest BCUT2D eigenvalue weighted by atomic mass is 32.2. The summed E-state index contributed by atoms with van der Waals surface area (Å²) in [5.74, 6) is 3.04. The van der Waals surface area contributed by atoms with Gasteiger partial charge < -0.3 is 20.2 Å². The molecule has 0 aromatic carbocycles. The maximum absolute atomic E-state index is 12.7. The summed E-state index contributed by atoms with van der Waals surface area (Å²) >= 11 is 0. The number of anilines is 3. The fraction of sp³-hybridized carbons (Fsp3) is 0.609. The molecule has 1 saturated carbocycles. The van der Waals surface area contributed by atoms with Crippen molar-refractivity contribution < 1.29 is 9.32 Å². The quantitative estimate of drug-likeness (QED) is 0.709. The van der Waals surface area contributed by atoms with Gasteiger partial charge in [-0.3, -0.25) is 4.21 Å². The van der Waals surface area contributed by atoms with Crippen molar-refractivity contribution >= 4 is 28.4 Å². The SMILES string of the molecule is O=[S@]1CCc2nc(N3CCc4nc(N5CCCC5)ccc4C3)nc(NC3(CO)CCC3)c21. The van der Waals surface area contributed by atoms with E-state index in [0.29, 0.717) is 23.9 Å². The first-order valence-electron chi connectivity index (χ1n) is 11.8. The van der Waals surface area contributed by atoms with Crippen LogP contribution in [0.2, 0.25) is 0 Å². The van der Waals surface area contributed by atoms with E-state index in [0.717, 1.165) is 68.3 Å². The Kier molecular flexibility index (Phi) is 5.06. The van der Waals surface area contributed by atoms with Crippen LogP contribution in [0.1, 0.15) is 49.1 Å². The van der Waals surface area contributed by atoms with Gasteiger partial charge in [0.05, 0.1) is 28.6 Å². The number of hydrogen-bond donors (Lipinski definition) is 2. The second-order valence-electron chi connectivity index (χ2n) is 9.51. The monoisotopic (exact) mass is 454 g/mol. The van der Waals surface area contributed by atoms with Crippen molar-refractivity contribution in [2.24, 2.45) is 0 Å². The van der Waals surface area contributed by atoms with E-state index < -0.39 is 10.8 Å². The molecule has 5 heterocycles. The summed E-state index contributed by atoms with van der Waals surface area (Å²) in [6.45, 7) is 3.82. The smallest absolute Gasteiger partial charge is 0.227 e.